The van der Waals surface area contributed by atoms with Crippen molar-refractivity contribution >= 4 is 22.8 Å². The van der Waals surface area contributed by atoms with Gasteiger partial charge in [-0.15, -0.1) is 0 Å². The summed E-state index contributed by atoms with van der Waals surface area (Å²) in [6.45, 7) is 5.62. The fraction of sp³-hybridized carbons (Fsp3) is 0.211. The van der Waals surface area contributed by atoms with Gasteiger partial charge in [0.15, 0.2) is 0 Å². The van der Waals surface area contributed by atoms with E-state index in [1.54, 1.807) is 70.7 Å². The van der Waals surface area contributed by atoms with Crippen LogP contribution in [0.3, 0.4) is 0 Å². The number of nitrogens with one attached hydrogen (secondary N) is 2. The van der Waals surface area contributed by atoms with E-state index in [-0.39, 0.29) is 29.9 Å². The molecule has 0 spiro atoms. The van der Waals surface area contributed by atoms with E-state index in [9.17, 15) is 19.1 Å². The monoisotopic (exact) mass is 660 g/mol. The fourth-order valence-corrected chi connectivity index (χ4v) is 5.73. The van der Waals surface area contributed by atoms with Gasteiger partial charge in [0.1, 0.15) is 22.8 Å². The van der Waals surface area contributed by atoms with Crippen LogP contribution in [0.15, 0.2) is 108 Å². The van der Waals surface area contributed by atoms with Crippen LogP contribution in [0, 0.1) is 5.82 Å². The molecule has 1 amide bonds. The number of carbonyl (C=O) groups excluding carboxylic acids is 1. The van der Waals surface area contributed by atoms with Crippen LogP contribution in [0.1, 0.15) is 26.3 Å². The number of ether oxygens (including phenoxy) is 1. The number of alkyl carbamates (subject to hydrolysis) is 1. The van der Waals surface area contributed by atoms with Gasteiger partial charge in [0.2, 0.25) is 11.8 Å². The molecular weight excluding hydrogens is 623 g/mol. The van der Waals surface area contributed by atoms with Gasteiger partial charge in [-0.1, -0.05) is 60.7 Å². The first-order valence-electron chi connectivity index (χ1n) is 15.9. The minimum absolute atomic E-state index is 0.130. The van der Waals surface area contributed by atoms with Gasteiger partial charge in [0.05, 0.1) is 11.4 Å². The molecule has 3 aromatic heterocycles. The minimum atomic E-state index is -0.676. The SMILES string of the molecule is Cn1c(NC[C@H](Cc2ccccc2)NC(=O)OC(C)(C)C)nc(-c2ccncc2)c(-n2cc3cccc(-c4ccc(F)cc4)c3c2O)c1=O. The molecule has 250 valence electrons. The average molecular weight is 661 g/mol. The second kappa shape index (κ2) is 13.6. The second-order valence-electron chi connectivity index (χ2n) is 12.7. The van der Waals surface area contributed by atoms with E-state index in [2.05, 4.69) is 15.6 Å². The molecule has 6 rings (SSSR count). The summed E-state index contributed by atoms with van der Waals surface area (Å²) in [5.74, 6) is -0.267. The zero-order valence-electron chi connectivity index (χ0n) is 27.6. The van der Waals surface area contributed by atoms with Gasteiger partial charge in [-0.2, -0.15) is 0 Å². The number of fused-ring (bicyclic) bond motifs is 1. The molecule has 0 aliphatic heterocycles. The maximum atomic E-state index is 14.3. The van der Waals surface area contributed by atoms with Crippen molar-refractivity contribution in [1.82, 2.24) is 24.4 Å². The lowest BCUT2D eigenvalue weighted by Crippen LogP contribution is -2.44. The number of anilines is 1. The Balaban J connectivity index is 1.41. The number of hydrogen-bond acceptors (Lipinski definition) is 7. The zero-order valence-corrected chi connectivity index (χ0v) is 27.6. The largest absolute Gasteiger partial charge is 0.494 e. The molecule has 0 aliphatic rings. The van der Waals surface area contributed by atoms with Gasteiger partial charge in [-0.3, -0.25) is 18.9 Å². The summed E-state index contributed by atoms with van der Waals surface area (Å²) in [6, 6.07) is 24.3. The summed E-state index contributed by atoms with van der Waals surface area (Å²) in [5.41, 5.74) is 2.35. The maximum absolute atomic E-state index is 14.3. The molecule has 11 heteroatoms. The van der Waals surface area contributed by atoms with Crippen molar-refractivity contribution in [1.29, 1.82) is 0 Å². The summed E-state index contributed by atoms with van der Waals surface area (Å²) in [6.07, 6.45) is 4.83. The Morgan fingerprint density at radius 2 is 1.67 bits per heavy atom. The molecule has 0 saturated carbocycles. The Hall–Kier alpha value is -5.97. The van der Waals surface area contributed by atoms with Crippen LogP contribution in [0.2, 0.25) is 0 Å². The third-order valence-corrected chi connectivity index (χ3v) is 7.99. The number of hydrogen-bond donors (Lipinski definition) is 3. The fourth-order valence-electron chi connectivity index (χ4n) is 5.73. The molecule has 49 heavy (non-hydrogen) atoms. The van der Waals surface area contributed by atoms with Crippen molar-refractivity contribution in [3.05, 3.63) is 125 Å². The van der Waals surface area contributed by atoms with Crippen molar-refractivity contribution < 1.29 is 19.0 Å². The third-order valence-electron chi connectivity index (χ3n) is 7.99. The zero-order chi connectivity index (χ0) is 34.7. The van der Waals surface area contributed by atoms with E-state index < -0.39 is 23.3 Å². The lowest BCUT2D eigenvalue weighted by Gasteiger charge is -2.24. The highest BCUT2D eigenvalue weighted by Crippen LogP contribution is 2.39. The highest BCUT2D eigenvalue weighted by atomic mass is 19.1. The Labute approximate surface area is 282 Å². The molecule has 3 N–H and O–H groups in total. The number of nitrogens with zero attached hydrogens (tertiary/aromatic N) is 4. The topological polar surface area (TPSA) is 123 Å². The molecule has 0 radical (unpaired) electrons. The van der Waals surface area contributed by atoms with Crippen molar-refractivity contribution in [2.45, 2.75) is 38.8 Å². The lowest BCUT2D eigenvalue weighted by atomic mass is 10.0. The Morgan fingerprint density at radius 1 is 0.959 bits per heavy atom. The summed E-state index contributed by atoms with van der Waals surface area (Å²) >= 11 is 0. The van der Waals surface area contributed by atoms with Crippen molar-refractivity contribution in [2.24, 2.45) is 7.05 Å². The predicted molar refractivity (Wildman–Crippen MR) is 188 cm³/mol. The first kappa shape index (κ1) is 33.0. The number of halogens is 1. The van der Waals surface area contributed by atoms with Crippen LogP contribution >= 0.6 is 0 Å². The van der Waals surface area contributed by atoms with Crippen LogP contribution in [0.5, 0.6) is 5.88 Å². The van der Waals surface area contributed by atoms with Gasteiger partial charge in [-0.25, -0.2) is 14.2 Å². The van der Waals surface area contributed by atoms with Gasteiger partial charge in [0.25, 0.3) is 5.56 Å². The van der Waals surface area contributed by atoms with Gasteiger partial charge >= 0.3 is 6.09 Å². The summed E-state index contributed by atoms with van der Waals surface area (Å²) in [5, 5.41) is 19.1. The first-order chi connectivity index (χ1) is 23.5. The third kappa shape index (κ3) is 7.30. The predicted octanol–water partition coefficient (Wildman–Crippen LogP) is 6.85. The number of pyridine rings is 1. The molecule has 3 heterocycles. The molecule has 0 unspecified atom stereocenters. The van der Waals surface area contributed by atoms with Gasteiger partial charge in [0, 0.05) is 43.1 Å². The molecule has 0 fully saturated rings. The molecule has 0 bridgehead atoms. The van der Waals surface area contributed by atoms with E-state index >= 15 is 0 Å². The molecule has 1 atom stereocenters. The summed E-state index contributed by atoms with van der Waals surface area (Å²) in [7, 11) is 1.59. The van der Waals surface area contributed by atoms with Crippen LogP contribution in [-0.2, 0) is 18.2 Å². The van der Waals surface area contributed by atoms with Crippen LogP contribution in [0.4, 0.5) is 15.1 Å². The van der Waals surface area contributed by atoms with E-state index in [0.717, 1.165) is 5.56 Å². The number of carbonyl (C=O) groups is 1. The Morgan fingerprint density at radius 3 is 2.37 bits per heavy atom. The number of amides is 1. The smallest absolute Gasteiger partial charge is 0.407 e. The molecule has 6 aromatic rings. The number of benzene rings is 3. The quantitative estimate of drug-likeness (QED) is 0.155. The van der Waals surface area contributed by atoms with Crippen LogP contribution < -0.4 is 16.2 Å². The second-order valence-corrected chi connectivity index (χ2v) is 12.7. The van der Waals surface area contributed by atoms with Gasteiger partial charge in [-0.05, 0) is 68.1 Å². The van der Waals surface area contributed by atoms with E-state index in [1.165, 1.54) is 21.3 Å². The van der Waals surface area contributed by atoms with Crippen molar-refractivity contribution in [3.8, 4) is 34.0 Å². The van der Waals surface area contributed by atoms with Crippen LogP contribution in [0.25, 0.3) is 38.8 Å². The van der Waals surface area contributed by atoms with Crippen LogP contribution in [-0.4, -0.2) is 48.5 Å². The molecular formula is C38H37FN6O4. The normalized spacial score (nSPS) is 12.1. The lowest BCUT2D eigenvalue weighted by molar-refractivity contribution is 0.0507. The van der Waals surface area contributed by atoms with E-state index in [4.69, 9.17) is 9.72 Å². The average Bonchev–Trinajstić information content (AvgIpc) is 3.41. The van der Waals surface area contributed by atoms with Crippen molar-refractivity contribution in [3.63, 3.8) is 0 Å². The molecule has 10 nitrogen and oxygen atoms in total. The standard InChI is InChI=1S/C38H37FN6O4/c1-38(2,3)49-37(48)42-29(21-24-9-6-5-7-10-24)22-41-36-43-32(26-17-19-40-20-18-26)33(35(47)44(36)4)45-23-27-11-8-12-30(31(27)34(45)46)25-13-15-28(39)16-14-25/h5-20,23,29,46H,21-22H2,1-4H3,(H,41,43)(H,42,48)/t29-/m0/s1. The Bertz CT molecular complexity index is 2160. The highest BCUT2D eigenvalue weighted by molar-refractivity contribution is 6.01. The van der Waals surface area contributed by atoms with E-state index in [1.807, 2.05) is 48.5 Å². The summed E-state index contributed by atoms with van der Waals surface area (Å²) in [4.78, 5) is 36.1. The van der Waals surface area contributed by atoms with Gasteiger partial charge < -0.3 is 20.5 Å². The number of rotatable bonds is 9. The highest BCUT2D eigenvalue weighted by Gasteiger charge is 2.24. The number of aromatic nitrogens is 4. The van der Waals surface area contributed by atoms with E-state index in [0.29, 0.717) is 39.6 Å². The minimum Gasteiger partial charge on any atom is -0.494 e. The molecule has 3 aromatic carbocycles. The maximum Gasteiger partial charge on any atom is 0.407 e. The van der Waals surface area contributed by atoms with Crippen molar-refractivity contribution in [2.75, 3.05) is 11.9 Å². The summed E-state index contributed by atoms with van der Waals surface area (Å²) < 4.78 is 22.1. The molecule has 0 aliphatic carbocycles. The molecule has 0 saturated heterocycles. The number of aromatic hydroxyl groups is 1. The Kier molecular flexibility index (Phi) is 9.17. The first-order valence-corrected chi connectivity index (χ1v) is 15.9.